The SMILES string of the molecule is COc1cccc([C@@H](O)COc2ccc(CC3SC(=O)NC3=O)cc2)c1.O=S(=O)(O)O. The maximum atomic E-state index is 11.6. The lowest BCUT2D eigenvalue weighted by atomic mass is 10.1. The number of aliphatic hydroxyl groups excluding tert-OH is 1. The van der Waals surface area contributed by atoms with Crippen molar-refractivity contribution in [3.63, 3.8) is 0 Å². The third-order valence-electron chi connectivity index (χ3n) is 4.00. The lowest BCUT2D eigenvalue weighted by molar-refractivity contribution is -0.118. The van der Waals surface area contributed by atoms with E-state index < -0.39 is 16.5 Å². The molecule has 0 aliphatic carbocycles. The Morgan fingerprint density at radius 1 is 1.10 bits per heavy atom. The van der Waals surface area contributed by atoms with Crippen molar-refractivity contribution in [1.82, 2.24) is 5.32 Å². The van der Waals surface area contributed by atoms with E-state index in [-0.39, 0.29) is 23.0 Å². The Labute approximate surface area is 183 Å². The van der Waals surface area contributed by atoms with Crippen molar-refractivity contribution >= 4 is 33.3 Å². The van der Waals surface area contributed by atoms with Crippen LogP contribution in [0.4, 0.5) is 4.79 Å². The molecule has 2 aromatic rings. The largest absolute Gasteiger partial charge is 0.497 e. The Kier molecular flexibility index (Phi) is 8.83. The number of thioether (sulfide) groups is 1. The summed E-state index contributed by atoms with van der Waals surface area (Å²) in [5, 5.41) is 11.8. The van der Waals surface area contributed by atoms with Gasteiger partial charge in [-0.15, -0.1) is 0 Å². The molecule has 10 nitrogen and oxygen atoms in total. The van der Waals surface area contributed by atoms with Gasteiger partial charge >= 0.3 is 10.4 Å². The van der Waals surface area contributed by atoms with Gasteiger partial charge in [0.15, 0.2) is 0 Å². The summed E-state index contributed by atoms with van der Waals surface area (Å²) < 4.78 is 42.4. The number of methoxy groups -OCH3 is 1. The van der Waals surface area contributed by atoms with Gasteiger partial charge in [0, 0.05) is 0 Å². The van der Waals surface area contributed by atoms with Crippen LogP contribution in [-0.4, -0.2) is 52.7 Å². The minimum Gasteiger partial charge on any atom is -0.497 e. The monoisotopic (exact) mass is 471 g/mol. The molecule has 1 fully saturated rings. The van der Waals surface area contributed by atoms with Gasteiger partial charge in [-0.25, -0.2) is 0 Å². The number of imide groups is 1. The fourth-order valence-electron chi connectivity index (χ4n) is 2.58. The molecule has 2 aromatic carbocycles. The zero-order chi connectivity index (χ0) is 23.0. The molecule has 2 atom stereocenters. The molecule has 1 heterocycles. The van der Waals surface area contributed by atoms with Gasteiger partial charge in [-0.3, -0.25) is 24.0 Å². The minimum atomic E-state index is -4.67. The summed E-state index contributed by atoms with van der Waals surface area (Å²) in [4.78, 5) is 22.8. The first kappa shape index (κ1) is 24.6. The smallest absolute Gasteiger partial charge is 0.394 e. The summed E-state index contributed by atoms with van der Waals surface area (Å²) in [6.07, 6.45) is -0.288. The van der Waals surface area contributed by atoms with E-state index >= 15 is 0 Å². The Balaban J connectivity index is 0.000000614. The molecule has 0 spiro atoms. The summed E-state index contributed by atoms with van der Waals surface area (Å²) in [6, 6.07) is 14.5. The molecular weight excluding hydrogens is 450 g/mol. The van der Waals surface area contributed by atoms with Gasteiger partial charge in [0.1, 0.15) is 24.2 Å². The molecule has 1 aliphatic heterocycles. The third-order valence-corrected chi connectivity index (χ3v) is 4.98. The van der Waals surface area contributed by atoms with Crippen molar-refractivity contribution in [3.8, 4) is 11.5 Å². The quantitative estimate of drug-likeness (QED) is 0.440. The number of benzene rings is 2. The molecule has 12 heteroatoms. The second kappa shape index (κ2) is 11.1. The average molecular weight is 472 g/mol. The van der Waals surface area contributed by atoms with E-state index in [0.717, 1.165) is 22.9 Å². The lowest BCUT2D eigenvalue weighted by Gasteiger charge is -2.14. The maximum Gasteiger partial charge on any atom is 0.394 e. The van der Waals surface area contributed by atoms with Crippen LogP contribution >= 0.6 is 11.8 Å². The van der Waals surface area contributed by atoms with Crippen LogP contribution < -0.4 is 14.8 Å². The van der Waals surface area contributed by atoms with E-state index in [1.165, 1.54) is 0 Å². The number of ether oxygens (including phenoxy) is 2. The fourth-order valence-corrected chi connectivity index (χ4v) is 3.44. The van der Waals surface area contributed by atoms with E-state index in [0.29, 0.717) is 17.9 Å². The van der Waals surface area contributed by atoms with E-state index in [2.05, 4.69) is 5.32 Å². The summed E-state index contributed by atoms with van der Waals surface area (Å²) in [7, 11) is -3.09. The molecule has 0 bridgehead atoms. The summed E-state index contributed by atoms with van der Waals surface area (Å²) in [5.41, 5.74) is 1.66. The Morgan fingerprint density at radius 2 is 1.74 bits per heavy atom. The fraction of sp³-hybridized carbons (Fsp3) is 0.263. The number of hydrogen-bond donors (Lipinski definition) is 4. The van der Waals surface area contributed by atoms with Crippen molar-refractivity contribution in [3.05, 3.63) is 59.7 Å². The zero-order valence-electron chi connectivity index (χ0n) is 16.3. The molecule has 1 saturated heterocycles. The molecule has 0 aromatic heterocycles. The van der Waals surface area contributed by atoms with Crippen LogP contribution in [0.1, 0.15) is 17.2 Å². The van der Waals surface area contributed by atoms with E-state index in [4.69, 9.17) is 27.0 Å². The van der Waals surface area contributed by atoms with E-state index in [1.54, 1.807) is 25.3 Å². The Bertz CT molecular complexity index is 1000. The predicted molar refractivity (Wildman–Crippen MR) is 113 cm³/mol. The first-order chi connectivity index (χ1) is 14.5. The Hall–Kier alpha value is -2.64. The van der Waals surface area contributed by atoms with Crippen LogP contribution in [-0.2, 0) is 21.6 Å². The average Bonchev–Trinajstić information content (AvgIpc) is 3.02. The van der Waals surface area contributed by atoms with Gasteiger partial charge in [0.25, 0.3) is 5.24 Å². The minimum absolute atomic E-state index is 0.113. The van der Waals surface area contributed by atoms with Crippen LogP contribution in [0.25, 0.3) is 0 Å². The molecule has 168 valence electrons. The van der Waals surface area contributed by atoms with E-state index in [9.17, 15) is 14.7 Å². The molecule has 31 heavy (non-hydrogen) atoms. The van der Waals surface area contributed by atoms with Crippen molar-refractivity contribution < 1.29 is 41.7 Å². The predicted octanol–water partition coefficient (Wildman–Crippen LogP) is 2.05. The second-order valence-electron chi connectivity index (χ2n) is 6.28. The number of nitrogens with one attached hydrogen (secondary N) is 1. The summed E-state index contributed by atoms with van der Waals surface area (Å²) >= 11 is 1.01. The van der Waals surface area contributed by atoms with Crippen molar-refractivity contribution in [1.29, 1.82) is 0 Å². The molecule has 0 saturated carbocycles. The zero-order valence-corrected chi connectivity index (χ0v) is 17.9. The van der Waals surface area contributed by atoms with Crippen LogP contribution in [0, 0.1) is 0 Å². The lowest BCUT2D eigenvalue weighted by Crippen LogP contribution is -2.25. The Morgan fingerprint density at radius 3 is 2.29 bits per heavy atom. The second-order valence-corrected chi connectivity index (χ2v) is 8.35. The standard InChI is InChI=1S/C19H19NO5S.H2O4S/c1-24-15-4-2-3-13(10-15)16(21)11-25-14-7-5-12(6-8-14)9-17-18(22)20-19(23)26-17;1-5(2,3)4/h2-8,10,16-17,21H,9,11H2,1H3,(H,20,22,23);(H2,1,2,3,4)/t16-,17?;/m0./s1. The van der Waals surface area contributed by atoms with Crippen molar-refractivity contribution in [2.24, 2.45) is 0 Å². The summed E-state index contributed by atoms with van der Waals surface area (Å²) in [6.45, 7) is 0.113. The highest BCUT2D eigenvalue weighted by molar-refractivity contribution is 8.15. The third kappa shape index (κ3) is 8.94. The molecule has 0 radical (unpaired) electrons. The topological polar surface area (TPSA) is 159 Å². The van der Waals surface area contributed by atoms with Gasteiger partial charge in [0.05, 0.1) is 12.4 Å². The van der Waals surface area contributed by atoms with E-state index in [1.807, 2.05) is 30.3 Å². The van der Waals surface area contributed by atoms with Crippen molar-refractivity contribution in [2.75, 3.05) is 13.7 Å². The van der Waals surface area contributed by atoms with Crippen molar-refractivity contribution in [2.45, 2.75) is 17.8 Å². The maximum absolute atomic E-state index is 11.6. The highest BCUT2D eigenvalue weighted by atomic mass is 32.3. The first-order valence-corrected chi connectivity index (χ1v) is 11.1. The van der Waals surface area contributed by atoms with Gasteiger partial charge in [0.2, 0.25) is 5.91 Å². The molecule has 2 amide bonds. The van der Waals surface area contributed by atoms with Gasteiger partial charge < -0.3 is 14.6 Å². The van der Waals surface area contributed by atoms with Crippen LogP contribution in [0.15, 0.2) is 48.5 Å². The molecule has 4 N–H and O–H groups in total. The van der Waals surface area contributed by atoms with Gasteiger partial charge in [-0.2, -0.15) is 8.42 Å². The highest BCUT2D eigenvalue weighted by Gasteiger charge is 2.31. The number of amides is 2. The number of rotatable bonds is 7. The highest BCUT2D eigenvalue weighted by Crippen LogP contribution is 2.24. The molecule has 3 rings (SSSR count). The first-order valence-electron chi connectivity index (χ1n) is 8.80. The normalized spacial score (nSPS) is 16.7. The number of hydrogen-bond acceptors (Lipinski definition) is 8. The van der Waals surface area contributed by atoms with Crippen LogP contribution in [0.3, 0.4) is 0 Å². The number of carbonyl (C=O) groups excluding carboxylic acids is 2. The molecule has 1 unspecified atom stereocenters. The molecule has 1 aliphatic rings. The number of aliphatic hydroxyl groups is 1. The van der Waals surface area contributed by atoms with Crippen LogP contribution in [0.5, 0.6) is 11.5 Å². The number of carbonyl (C=O) groups is 2. The van der Waals surface area contributed by atoms with Crippen LogP contribution in [0.2, 0.25) is 0 Å². The van der Waals surface area contributed by atoms with Gasteiger partial charge in [-0.1, -0.05) is 36.0 Å². The molecular formula is C19H21NO9S2. The van der Waals surface area contributed by atoms with Gasteiger partial charge in [-0.05, 0) is 41.8 Å². The summed E-state index contributed by atoms with van der Waals surface area (Å²) in [5.74, 6) is 1.05.